The van der Waals surface area contributed by atoms with E-state index in [0.717, 1.165) is 40.0 Å². The van der Waals surface area contributed by atoms with Crippen LogP contribution in [0.15, 0.2) is 54.6 Å². The van der Waals surface area contributed by atoms with Crippen LogP contribution in [0.25, 0.3) is 11.1 Å². The van der Waals surface area contributed by atoms with Gasteiger partial charge in [-0.25, -0.2) is 9.59 Å². The summed E-state index contributed by atoms with van der Waals surface area (Å²) >= 11 is 7.37. The molecule has 0 aliphatic carbocycles. The summed E-state index contributed by atoms with van der Waals surface area (Å²) in [5, 5.41) is 20.7. The monoisotopic (exact) mass is 527 g/mol. The van der Waals surface area contributed by atoms with Crippen LogP contribution in [0.2, 0.25) is 5.02 Å². The van der Waals surface area contributed by atoms with Crippen molar-refractivity contribution in [2.75, 3.05) is 13.2 Å². The maximum atomic E-state index is 12.5. The summed E-state index contributed by atoms with van der Waals surface area (Å²) in [6.07, 6.45) is 2.39. The molecule has 6 nitrogen and oxygen atoms in total. The Hall–Kier alpha value is -2.87. The first-order valence-corrected chi connectivity index (χ1v) is 13.3. The highest BCUT2D eigenvalue weighted by atomic mass is 35.5. The minimum atomic E-state index is -0.918. The molecule has 3 aromatic rings. The molecule has 1 aliphatic rings. The number of rotatable bonds is 10. The van der Waals surface area contributed by atoms with Gasteiger partial charge in [-0.05, 0) is 85.2 Å². The van der Waals surface area contributed by atoms with Gasteiger partial charge < -0.3 is 19.8 Å². The normalized spacial score (nSPS) is 16.6. The SMILES string of the molecule is Cc1cc(Cl)ccc1-c1cccc([C@H](O)CC[C@H]2CCOC(=O)N2CCCc2ccc(C(=O)O)s2)c1. The number of hydrogen-bond donors (Lipinski definition) is 2. The number of benzene rings is 2. The van der Waals surface area contributed by atoms with Crippen LogP contribution in [0.3, 0.4) is 0 Å². The average molecular weight is 528 g/mol. The molecule has 1 aliphatic heterocycles. The number of carbonyl (C=O) groups excluding carboxylic acids is 1. The Morgan fingerprint density at radius 2 is 2.06 bits per heavy atom. The Bertz CT molecular complexity index is 1230. The molecule has 2 atom stereocenters. The Balaban J connectivity index is 1.35. The minimum absolute atomic E-state index is 0.000471. The fourth-order valence-electron chi connectivity index (χ4n) is 4.68. The second kappa shape index (κ2) is 11.9. The fraction of sp³-hybridized carbons (Fsp3) is 0.357. The van der Waals surface area contributed by atoms with Crippen molar-refractivity contribution in [3.8, 4) is 11.1 Å². The lowest BCUT2D eigenvalue weighted by Gasteiger charge is -2.35. The van der Waals surface area contributed by atoms with E-state index in [1.54, 1.807) is 11.0 Å². The van der Waals surface area contributed by atoms with E-state index in [1.807, 2.05) is 55.5 Å². The lowest BCUT2D eigenvalue weighted by molar-refractivity contribution is 0.0356. The van der Waals surface area contributed by atoms with Crippen molar-refractivity contribution in [3.63, 3.8) is 0 Å². The predicted molar refractivity (Wildman–Crippen MR) is 142 cm³/mol. The highest BCUT2D eigenvalue weighted by Gasteiger charge is 2.29. The zero-order chi connectivity index (χ0) is 25.7. The minimum Gasteiger partial charge on any atom is -0.477 e. The number of carboxylic acids is 1. The van der Waals surface area contributed by atoms with Gasteiger partial charge in [0.25, 0.3) is 0 Å². The van der Waals surface area contributed by atoms with Gasteiger partial charge in [0, 0.05) is 28.9 Å². The number of cyclic esters (lactones) is 1. The summed E-state index contributed by atoms with van der Waals surface area (Å²) in [6, 6.07) is 17.2. The molecule has 0 bridgehead atoms. The van der Waals surface area contributed by atoms with Crippen LogP contribution >= 0.6 is 22.9 Å². The topological polar surface area (TPSA) is 87.1 Å². The van der Waals surface area contributed by atoms with Crippen molar-refractivity contribution in [3.05, 3.63) is 80.5 Å². The molecule has 4 rings (SSSR count). The van der Waals surface area contributed by atoms with Crippen molar-refractivity contribution in [2.24, 2.45) is 0 Å². The first-order valence-electron chi connectivity index (χ1n) is 12.1. The largest absolute Gasteiger partial charge is 0.477 e. The molecule has 0 spiro atoms. The molecule has 0 saturated carbocycles. The Labute approximate surface area is 220 Å². The van der Waals surface area contributed by atoms with Crippen molar-refractivity contribution >= 4 is 35.0 Å². The number of thiophene rings is 1. The molecular weight excluding hydrogens is 498 g/mol. The third-order valence-electron chi connectivity index (χ3n) is 6.59. The molecule has 0 unspecified atom stereocenters. The van der Waals surface area contributed by atoms with E-state index in [2.05, 4.69) is 0 Å². The number of aliphatic hydroxyl groups excluding tert-OH is 1. The van der Waals surface area contributed by atoms with E-state index in [4.69, 9.17) is 21.4 Å². The van der Waals surface area contributed by atoms with Gasteiger partial charge in [-0.3, -0.25) is 0 Å². The highest BCUT2D eigenvalue weighted by Crippen LogP contribution is 2.30. The predicted octanol–water partition coefficient (Wildman–Crippen LogP) is 6.73. The number of aryl methyl sites for hydroxylation is 2. The van der Waals surface area contributed by atoms with Gasteiger partial charge in [-0.1, -0.05) is 35.9 Å². The number of carbonyl (C=O) groups is 2. The lowest BCUT2D eigenvalue weighted by Crippen LogP contribution is -2.46. The van der Waals surface area contributed by atoms with Gasteiger partial charge in [-0.15, -0.1) is 11.3 Å². The summed E-state index contributed by atoms with van der Waals surface area (Å²) < 4.78 is 5.27. The number of hydrogen-bond acceptors (Lipinski definition) is 5. The molecular formula is C28H30ClNO5S. The fourth-order valence-corrected chi connectivity index (χ4v) is 5.79. The van der Waals surface area contributed by atoms with Crippen LogP contribution in [-0.4, -0.2) is 46.4 Å². The molecule has 1 saturated heterocycles. The molecule has 8 heteroatoms. The number of halogens is 1. The molecule has 1 fully saturated rings. The summed E-state index contributed by atoms with van der Waals surface area (Å²) in [4.78, 5) is 26.6. The van der Waals surface area contributed by atoms with Crippen LogP contribution in [0.4, 0.5) is 4.79 Å². The molecule has 36 heavy (non-hydrogen) atoms. The Morgan fingerprint density at radius 1 is 1.22 bits per heavy atom. The molecule has 1 aromatic heterocycles. The van der Waals surface area contributed by atoms with Crippen molar-refractivity contribution < 1.29 is 24.5 Å². The average Bonchev–Trinajstić information content (AvgIpc) is 3.33. The van der Waals surface area contributed by atoms with Gasteiger partial charge in [0.2, 0.25) is 0 Å². The van der Waals surface area contributed by atoms with E-state index < -0.39 is 12.1 Å². The number of aromatic carboxylic acids is 1. The maximum Gasteiger partial charge on any atom is 0.410 e. The van der Waals surface area contributed by atoms with Gasteiger partial charge in [0.1, 0.15) is 4.88 Å². The van der Waals surface area contributed by atoms with Crippen LogP contribution in [0.1, 0.15) is 57.5 Å². The van der Waals surface area contributed by atoms with Crippen molar-refractivity contribution in [1.29, 1.82) is 0 Å². The maximum absolute atomic E-state index is 12.5. The quantitative estimate of drug-likeness (QED) is 0.305. The van der Waals surface area contributed by atoms with Gasteiger partial charge >= 0.3 is 12.1 Å². The second-order valence-electron chi connectivity index (χ2n) is 9.10. The molecule has 0 radical (unpaired) electrons. The van der Waals surface area contributed by atoms with Crippen molar-refractivity contribution in [2.45, 2.75) is 51.2 Å². The standard InChI is InChI=1S/C28H30ClNO5S/c1-18-16-21(29)7-10-24(18)19-4-2-5-20(17-19)25(31)11-8-22-13-15-35-28(34)30(22)14-3-6-23-9-12-26(36-23)27(32)33/h2,4-5,7,9-10,12,16-17,22,25,31H,3,6,8,11,13-15H2,1H3,(H,32,33)/t22-,25+/m0/s1. The first-order chi connectivity index (χ1) is 17.3. The molecule has 2 N–H and O–H groups in total. The lowest BCUT2D eigenvalue weighted by atomic mass is 9.94. The number of ether oxygens (including phenoxy) is 1. The van der Waals surface area contributed by atoms with Crippen LogP contribution in [0.5, 0.6) is 0 Å². The zero-order valence-electron chi connectivity index (χ0n) is 20.2. The molecule has 190 valence electrons. The van der Waals surface area contributed by atoms with Crippen LogP contribution < -0.4 is 0 Å². The van der Waals surface area contributed by atoms with Gasteiger partial charge in [-0.2, -0.15) is 0 Å². The summed E-state index contributed by atoms with van der Waals surface area (Å²) in [5.74, 6) is -0.918. The van der Waals surface area contributed by atoms with E-state index in [-0.39, 0.29) is 12.1 Å². The first kappa shape index (κ1) is 26.2. The van der Waals surface area contributed by atoms with Crippen molar-refractivity contribution in [1.82, 2.24) is 4.90 Å². The van der Waals surface area contributed by atoms with Gasteiger partial charge in [0.15, 0.2) is 0 Å². The van der Waals surface area contributed by atoms with E-state index in [1.165, 1.54) is 11.3 Å². The third kappa shape index (κ3) is 6.46. The number of nitrogens with zero attached hydrogens (tertiary/aromatic N) is 1. The number of aliphatic hydroxyl groups is 1. The third-order valence-corrected chi connectivity index (χ3v) is 7.96. The summed E-state index contributed by atoms with van der Waals surface area (Å²) in [7, 11) is 0. The molecule has 2 heterocycles. The smallest absolute Gasteiger partial charge is 0.410 e. The second-order valence-corrected chi connectivity index (χ2v) is 10.7. The zero-order valence-corrected chi connectivity index (χ0v) is 21.7. The Kier molecular flexibility index (Phi) is 8.67. The molecule has 1 amide bonds. The number of amides is 1. The van der Waals surface area contributed by atoms with Crippen LogP contribution in [-0.2, 0) is 11.2 Å². The van der Waals surface area contributed by atoms with E-state index in [0.29, 0.717) is 42.3 Å². The van der Waals surface area contributed by atoms with Gasteiger partial charge in [0.05, 0.1) is 12.7 Å². The molecule has 2 aromatic carbocycles. The number of carboxylic acid groups (broad SMARTS) is 1. The van der Waals surface area contributed by atoms with E-state index >= 15 is 0 Å². The highest BCUT2D eigenvalue weighted by molar-refractivity contribution is 7.13. The van der Waals surface area contributed by atoms with E-state index in [9.17, 15) is 14.7 Å². The summed E-state index contributed by atoms with van der Waals surface area (Å²) in [5.41, 5.74) is 4.03. The Morgan fingerprint density at radius 3 is 2.81 bits per heavy atom. The van der Waals surface area contributed by atoms with Crippen LogP contribution in [0, 0.1) is 6.92 Å². The summed E-state index contributed by atoms with van der Waals surface area (Å²) in [6.45, 7) is 2.93.